The predicted octanol–water partition coefficient (Wildman–Crippen LogP) is 2.93. The average Bonchev–Trinajstić information content (AvgIpc) is 2.77. The van der Waals surface area contributed by atoms with Gasteiger partial charge in [-0.2, -0.15) is 0 Å². The number of carboxylic acids is 1. The third kappa shape index (κ3) is 3.29. The van der Waals surface area contributed by atoms with E-state index in [1.54, 1.807) is 6.20 Å². The van der Waals surface area contributed by atoms with Crippen molar-refractivity contribution in [3.05, 3.63) is 40.7 Å². The topological polar surface area (TPSA) is 91.3 Å². The predicted molar refractivity (Wildman–Crippen MR) is 72.9 cm³/mol. The molecule has 1 aromatic heterocycles. The Morgan fingerprint density at radius 3 is 2.70 bits per heavy atom. The van der Waals surface area contributed by atoms with Crippen LogP contribution in [0, 0.1) is 12.7 Å². The Kier molecular flexibility index (Phi) is 3.94. The molecule has 6 nitrogen and oxygen atoms in total. The van der Waals surface area contributed by atoms with Crippen LogP contribution in [0.15, 0.2) is 24.4 Å². The van der Waals surface area contributed by atoms with Crippen LogP contribution in [-0.2, 0) is 0 Å². The van der Waals surface area contributed by atoms with Crippen LogP contribution in [0.5, 0.6) is 0 Å². The van der Waals surface area contributed by atoms with Crippen LogP contribution in [0.25, 0.3) is 0 Å². The SMILES string of the molecule is Cc1cnc(NC(=O)Nc2cc(C(=O)O)ccc2F)s1. The molecule has 0 aliphatic heterocycles. The minimum atomic E-state index is -1.20. The van der Waals surface area contributed by atoms with E-state index < -0.39 is 17.8 Å². The molecule has 104 valence electrons. The van der Waals surface area contributed by atoms with Crippen molar-refractivity contribution < 1.29 is 19.1 Å². The fraction of sp³-hybridized carbons (Fsp3) is 0.0833. The maximum absolute atomic E-state index is 13.5. The first-order chi connectivity index (χ1) is 9.45. The quantitative estimate of drug-likeness (QED) is 0.812. The Morgan fingerprint density at radius 2 is 2.10 bits per heavy atom. The van der Waals surface area contributed by atoms with E-state index in [-0.39, 0.29) is 11.3 Å². The highest BCUT2D eigenvalue weighted by atomic mass is 32.1. The monoisotopic (exact) mass is 295 g/mol. The minimum Gasteiger partial charge on any atom is -0.478 e. The zero-order valence-corrected chi connectivity index (χ0v) is 11.1. The van der Waals surface area contributed by atoms with Gasteiger partial charge in [0.2, 0.25) is 0 Å². The second-order valence-corrected chi connectivity index (χ2v) is 5.09. The molecule has 1 heterocycles. The van der Waals surface area contributed by atoms with Gasteiger partial charge in [-0.3, -0.25) is 5.32 Å². The maximum atomic E-state index is 13.5. The highest BCUT2D eigenvalue weighted by Gasteiger charge is 2.12. The number of carbonyl (C=O) groups is 2. The summed E-state index contributed by atoms with van der Waals surface area (Å²) in [4.78, 5) is 27.3. The Balaban J connectivity index is 2.11. The van der Waals surface area contributed by atoms with Crippen molar-refractivity contribution in [2.24, 2.45) is 0 Å². The minimum absolute atomic E-state index is 0.119. The van der Waals surface area contributed by atoms with Crippen molar-refractivity contribution in [3.8, 4) is 0 Å². The zero-order valence-electron chi connectivity index (χ0n) is 10.3. The Morgan fingerprint density at radius 1 is 1.35 bits per heavy atom. The molecular weight excluding hydrogens is 285 g/mol. The number of nitrogens with one attached hydrogen (secondary N) is 2. The summed E-state index contributed by atoms with van der Waals surface area (Å²) in [6, 6.07) is 2.45. The highest BCUT2D eigenvalue weighted by molar-refractivity contribution is 7.15. The Bertz CT molecular complexity index is 672. The van der Waals surface area contributed by atoms with Gasteiger partial charge in [-0.1, -0.05) is 0 Å². The van der Waals surface area contributed by atoms with Crippen LogP contribution in [0.3, 0.4) is 0 Å². The first-order valence-electron chi connectivity index (χ1n) is 5.49. The lowest BCUT2D eigenvalue weighted by atomic mass is 10.2. The second kappa shape index (κ2) is 5.66. The molecule has 2 amide bonds. The van der Waals surface area contributed by atoms with Gasteiger partial charge in [-0.05, 0) is 25.1 Å². The molecule has 2 rings (SSSR count). The lowest BCUT2D eigenvalue weighted by molar-refractivity contribution is 0.0697. The van der Waals surface area contributed by atoms with Gasteiger partial charge >= 0.3 is 12.0 Å². The number of rotatable bonds is 3. The van der Waals surface area contributed by atoms with Crippen molar-refractivity contribution in [1.29, 1.82) is 0 Å². The molecule has 0 saturated heterocycles. The number of carboxylic acid groups (broad SMARTS) is 1. The standard InChI is InChI=1S/C12H10FN3O3S/c1-6-5-14-12(20-6)16-11(19)15-9-4-7(10(17)18)2-3-8(9)13/h2-5H,1H3,(H,17,18)(H2,14,15,16,19). The molecule has 1 aromatic carbocycles. The molecular formula is C12H10FN3O3S. The van der Waals surface area contributed by atoms with Gasteiger partial charge in [0.15, 0.2) is 5.13 Å². The van der Waals surface area contributed by atoms with E-state index in [0.717, 1.165) is 23.1 Å². The summed E-state index contributed by atoms with van der Waals surface area (Å²) in [5, 5.41) is 13.9. The van der Waals surface area contributed by atoms with Gasteiger partial charge in [0.1, 0.15) is 5.82 Å². The number of thiazole rings is 1. The molecule has 3 N–H and O–H groups in total. The maximum Gasteiger partial charge on any atom is 0.335 e. The van der Waals surface area contributed by atoms with Crippen molar-refractivity contribution >= 4 is 34.2 Å². The van der Waals surface area contributed by atoms with Gasteiger partial charge in [0, 0.05) is 11.1 Å². The van der Waals surface area contributed by atoms with Crippen LogP contribution in [-0.4, -0.2) is 22.1 Å². The zero-order chi connectivity index (χ0) is 14.7. The van der Waals surface area contributed by atoms with Crippen molar-refractivity contribution in [3.63, 3.8) is 0 Å². The second-order valence-electron chi connectivity index (χ2n) is 3.85. The number of urea groups is 1. The molecule has 0 aliphatic carbocycles. The lowest BCUT2D eigenvalue weighted by Crippen LogP contribution is -2.20. The van der Waals surface area contributed by atoms with E-state index >= 15 is 0 Å². The summed E-state index contributed by atoms with van der Waals surface area (Å²) in [7, 11) is 0. The molecule has 0 fully saturated rings. The molecule has 0 saturated carbocycles. The summed E-state index contributed by atoms with van der Waals surface area (Å²) in [5.41, 5.74) is -0.331. The molecule has 2 aromatic rings. The van der Waals surface area contributed by atoms with E-state index in [9.17, 15) is 14.0 Å². The summed E-state index contributed by atoms with van der Waals surface area (Å²) >= 11 is 1.27. The number of carbonyl (C=O) groups excluding carboxylic acids is 1. The van der Waals surface area contributed by atoms with Gasteiger partial charge in [-0.25, -0.2) is 19.0 Å². The lowest BCUT2D eigenvalue weighted by Gasteiger charge is -2.07. The number of nitrogens with zero attached hydrogens (tertiary/aromatic N) is 1. The van der Waals surface area contributed by atoms with Gasteiger partial charge in [0.05, 0.1) is 11.3 Å². The number of halogens is 1. The van der Waals surface area contributed by atoms with E-state index in [0.29, 0.717) is 5.13 Å². The number of benzene rings is 1. The van der Waals surface area contributed by atoms with E-state index in [2.05, 4.69) is 15.6 Å². The van der Waals surface area contributed by atoms with Crippen LogP contribution >= 0.6 is 11.3 Å². The summed E-state index contributed by atoms with van der Waals surface area (Å²) in [6.07, 6.45) is 1.59. The van der Waals surface area contributed by atoms with Gasteiger partial charge in [-0.15, -0.1) is 11.3 Å². The van der Waals surface area contributed by atoms with E-state index in [1.807, 2.05) is 6.92 Å². The third-order valence-electron chi connectivity index (χ3n) is 2.30. The smallest absolute Gasteiger partial charge is 0.335 e. The van der Waals surface area contributed by atoms with Crippen LogP contribution < -0.4 is 10.6 Å². The Hall–Kier alpha value is -2.48. The number of amides is 2. The molecule has 0 bridgehead atoms. The van der Waals surface area contributed by atoms with Crippen molar-refractivity contribution in [1.82, 2.24) is 4.98 Å². The van der Waals surface area contributed by atoms with Gasteiger partial charge < -0.3 is 10.4 Å². The summed E-state index contributed by atoms with van der Waals surface area (Å²) < 4.78 is 13.5. The first-order valence-corrected chi connectivity index (χ1v) is 6.30. The molecule has 8 heteroatoms. The number of hydrogen-bond acceptors (Lipinski definition) is 4. The molecule has 20 heavy (non-hydrogen) atoms. The average molecular weight is 295 g/mol. The number of anilines is 2. The van der Waals surface area contributed by atoms with Crippen molar-refractivity contribution in [2.45, 2.75) is 6.92 Å². The molecule has 0 aliphatic rings. The van der Waals surface area contributed by atoms with Crippen LogP contribution in [0.2, 0.25) is 0 Å². The first kappa shape index (κ1) is 13.9. The molecule has 0 spiro atoms. The number of aromatic carboxylic acids is 1. The normalized spacial score (nSPS) is 10.1. The summed E-state index contributed by atoms with van der Waals surface area (Å²) in [6.45, 7) is 1.83. The largest absolute Gasteiger partial charge is 0.478 e. The molecule has 0 atom stereocenters. The fourth-order valence-corrected chi connectivity index (χ4v) is 2.08. The van der Waals surface area contributed by atoms with Crippen LogP contribution in [0.1, 0.15) is 15.2 Å². The number of aromatic nitrogens is 1. The third-order valence-corrected chi connectivity index (χ3v) is 3.13. The summed E-state index contributed by atoms with van der Waals surface area (Å²) in [5.74, 6) is -1.93. The Labute approximate surface area is 117 Å². The number of aryl methyl sites for hydroxylation is 1. The molecule has 0 radical (unpaired) electrons. The van der Waals surface area contributed by atoms with Gasteiger partial charge in [0.25, 0.3) is 0 Å². The fourth-order valence-electron chi connectivity index (χ4n) is 1.42. The van der Waals surface area contributed by atoms with Crippen molar-refractivity contribution in [2.75, 3.05) is 10.6 Å². The van der Waals surface area contributed by atoms with Crippen LogP contribution in [0.4, 0.5) is 20.0 Å². The number of hydrogen-bond donors (Lipinski definition) is 3. The van der Waals surface area contributed by atoms with E-state index in [1.165, 1.54) is 11.3 Å². The molecule has 0 unspecified atom stereocenters. The van der Waals surface area contributed by atoms with E-state index in [4.69, 9.17) is 5.11 Å². The highest BCUT2D eigenvalue weighted by Crippen LogP contribution is 2.19.